The number of aromatic amines is 1. The maximum atomic E-state index is 6.21. The Morgan fingerprint density at radius 2 is 2.05 bits per heavy atom. The van der Waals surface area contributed by atoms with E-state index in [1.54, 1.807) is 0 Å². The Bertz CT molecular complexity index is 624. The summed E-state index contributed by atoms with van der Waals surface area (Å²) >= 11 is 0. The van der Waals surface area contributed by atoms with Crippen molar-refractivity contribution in [3.05, 3.63) is 30.2 Å². The van der Waals surface area contributed by atoms with Crippen molar-refractivity contribution < 1.29 is 9.47 Å². The van der Waals surface area contributed by atoms with Gasteiger partial charge in [0.1, 0.15) is 19.0 Å². The molecule has 2 unspecified atom stereocenters. The summed E-state index contributed by atoms with van der Waals surface area (Å²) in [5.74, 6) is 2.79. The zero-order valence-electron chi connectivity index (χ0n) is 12.4. The van der Waals surface area contributed by atoms with Crippen molar-refractivity contribution in [1.82, 2.24) is 9.97 Å². The quantitative estimate of drug-likeness (QED) is 0.907. The predicted octanol–water partition coefficient (Wildman–Crippen LogP) is 2.89. The second-order valence-electron chi connectivity index (χ2n) is 5.45. The third kappa shape index (κ3) is 2.74. The lowest BCUT2D eigenvalue weighted by molar-refractivity contribution is 0.171. The number of nitrogens with zero attached hydrogens (tertiary/aromatic N) is 1. The Labute approximate surface area is 124 Å². The summed E-state index contributed by atoms with van der Waals surface area (Å²) in [5.41, 5.74) is 8.18. The van der Waals surface area contributed by atoms with Crippen LogP contribution in [0.1, 0.15) is 32.1 Å². The Morgan fingerprint density at radius 1 is 1.29 bits per heavy atom. The summed E-state index contributed by atoms with van der Waals surface area (Å²) in [4.78, 5) is 7.74. The van der Waals surface area contributed by atoms with E-state index in [1.807, 2.05) is 24.4 Å². The molecule has 5 nitrogen and oxygen atoms in total. The number of rotatable bonds is 4. The summed E-state index contributed by atoms with van der Waals surface area (Å²) < 4.78 is 11.1. The number of nitrogens with two attached hydrogens (primary N) is 1. The van der Waals surface area contributed by atoms with Gasteiger partial charge in [0.05, 0.1) is 17.9 Å². The van der Waals surface area contributed by atoms with E-state index < -0.39 is 0 Å². The van der Waals surface area contributed by atoms with Gasteiger partial charge in [0.25, 0.3) is 0 Å². The van der Waals surface area contributed by atoms with Gasteiger partial charge in [-0.15, -0.1) is 0 Å². The first kappa shape index (κ1) is 13.9. The first-order valence-corrected chi connectivity index (χ1v) is 7.39. The molecule has 1 aromatic heterocycles. The molecular formula is C16H21N3O2. The van der Waals surface area contributed by atoms with Crippen LogP contribution in [0.15, 0.2) is 24.4 Å². The highest BCUT2D eigenvalue weighted by atomic mass is 16.6. The van der Waals surface area contributed by atoms with E-state index in [9.17, 15) is 0 Å². The molecule has 0 bridgehead atoms. The van der Waals surface area contributed by atoms with Crippen molar-refractivity contribution in [2.45, 2.75) is 26.3 Å². The maximum Gasteiger partial charge on any atom is 0.162 e. The maximum absolute atomic E-state index is 6.21. The monoisotopic (exact) mass is 287 g/mol. The van der Waals surface area contributed by atoms with Gasteiger partial charge in [-0.3, -0.25) is 0 Å². The highest BCUT2D eigenvalue weighted by Gasteiger charge is 2.18. The van der Waals surface area contributed by atoms with Crippen molar-refractivity contribution in [3.63, 3.8) is 0 Å². The molecule has 0 aliphatic carbocycles. The molecule has 0 amide bonds. The number of hydrogen-bond acceptors (Lipinski definition) is 4. The Balaban J connectivity index is 1.86. The molecule has 3 N–H and O–H groups in total. The lowest BCUT2D eigenvalue weighted by Gasteiger charge is -2.18. The van der Waals surface area contributed by atoms with Crippen molar-refractivity contribution in [3.8, 4) is 22.8 Å². The largest absolute Gasteiger partial charge is 0.486 e. The summed E-state index contributed by atoms with van der Waals surface area (Å²) in [7, 11) is 0. The number of fused-ring (bicyclic) bond motifs is 1. The molecule has 2 heterocycles. The third-order valence-corrected chi connectivity index (χ3v) is 4.02. The molecule has 0 radical (unpaired) electrons. The van der Waals surface area contributed by atoms with Gasteiger partial charge in [-0.25, -0.2) is 4.98 Å². The highest BCUT2D eigenvalue weighted by Crippen LogP contribution is 2.34. The summed E-state index contributed by atoms with van der Waals surface area (Å²) in [5, 5.41) is 0. The van der Waals surface area contributed by atoms with E-state index in [4.69, 9.17) is 15.2 Å². The summed E-state index contributed by atoms with van der Waals surface area (Å²) in [6.45, 7) is 5.46. The second-order valence-corrected chi connectivity index (χ2v) is 5.45. The molecule has 21 heavy (non-hydrogen) atoms. The molecule has 0 saturated heterocycles. The number of hydrogen-bond donors (Lipinski definition) is 2. The van der Waals surface area contributed by atoms with E-state index in [1.165, 1.54) is 0 Å². The molecule has 1 aromatic carbocycles. The average molecular weight is 287 g/mol. The van der Waals surface area contributed by atoms with Gasteiger partial charge >= 0.3 is 0 Å². The van der Waals surface area contributed by atoms with Crippen LogP contribution in [0.4, 0.5) is 0 Å². The number of ether oxygens (including phenoxy) is 2. The normalized spacial score (nSPS) is 16.5. The van der Waals surface area contributed by atoms with Gasteiger partial charge in [-0.05, 0) is 24.1 Å². The molecule has 112 valence electrons. The first-order chi connectivity index (χ1) is 10.2. The van der Waals surface area contributed by atoms with Crippen LogP contribution in [-0.4, -0.2) is 23.2 Å². The summed E-state index contributed by atoms with van der Waals surface area (Å²) in [6, 6.07) is 5.83. The van der Waals surface area contributed by atoms with Gasteiger partial charge in [0.2, 0.25) is 0 Å². The molecule has 0 saturated carbocycles. The Kier molecular flexibility index (Phi) is 3.84. The molecule has 1 aliphatic rings. The van der Waals surface area contributed by atoms with Gasteiger partial charge in [0, 0.05) is 5.56 Å². The second kappa shape index (κ2) is 5.77. The van der Waals surface area contributed by atoms with Crippen LogP contribution in [0.3, 0.4) is 0 Å². The molecule has 2 aromatic rings. The molecule has 3 rings (SSSR count). The topological polar surface area (TPSA) is 73.2 Å². The van der Waals surface area contributed by atoms with Crippen LogP contribution in [0.25, 0.3) is 11.3 Å². The molecule has 0 spiro atoms. The zero-order chi connectivity index (χ0) is 14.8. The van der Waals surface area contributed by atoms with Crippen LogP contribution in [-0.2, 0) is 0 Å². The number of benzene rings is 1. The lowest BCUT2D eigenvalue weighted by atomic mass is 10.00. The molecule has 0 fully saturated rings. The van der Waals surface area contributed by atoms with E-state index >= 15 is 0 Å². The number of aromatic nitrogens is 2. The van der Waals surface area contributed by atoms with Crippen LogP contribution >= 0.6 is 0 Å². The van der Waals surface area contributed by atoms with E-state index in [2.05, 4.69) is 23.8 Å². The van der Waals surface area contributed by atoms with Crippen molar-refractivity contribution >= 4 is 0 Å². The van der Waals surface area contributed by atoms with Crippen LogP contribution < -0.4 is 15.2 Å². The first-order valence-electron chi connectivity index (χ1n) is 7.39. The van der Waals surface area contributed by atoms with Crippen LogP contribution in [0, 0.1) is 5.92 Å². The van der Waals surface area contributed by atoms with Gasteiger partial charge in [-0.2, -0.15) is 0 Å². The highest BCUT2D eigenvalue weighted by molar-refractivity contribution is 5.63. The minimum Gasteiger partial charge on any atom is -0.486 e. The van der Waals surface area contributed by atoms with Crippen LogP contribution in [0.2, 0.25) is 0 Å². The molecule has 1 aliphatic heterocycles. The zero-order valence-corrected chi connectivity index (χ0v) is 12.4. The fraction of sp³-hybridized carbons (Fsp3) is 0.438. The van der Waals surface area contributed by atoms with E-state index in [-0.39, 0.29) is 6.04 Å². The van der Waals surface area contributed by atoms with Crippen molar-refractivity contribution in [1.29, 1.82) is 0 Å². The molecule has 5 heteroatoms. The van der Waals surface area contributed by atoms with Gasteiger partial charge in [0.15, 0.2) is 11.5 Å². The third-order valence-electron chi connectivity index (χ3n) is 4.02. The minimum atomic E-state index is -0.0686. The van der Waals surface area contributed by atoms with E-state index in [0.717, 1.165) is 35.0 Å². The average Bonchev–Trinajstić information content (AvgIpc) is 3.02. The number of H-pyrrole nitrogens is 1. The van der Waals surface area contributed by atoms with Crippen LogP contribution in [0.5, 0.6) is 11.5 Å². The Morgan fingerprint density at radius 3 is 2.81 bits per heavy atom. The number of nitrogens with one attached hydrogen (secondary N) is 1. The Hall–Kier alpha value is -2.01. The van der Waals surface area contributed by atoms with Gasteiger partial charge in [-0.1, -0.05) is 20.3 Å². The predicted molar refractivity (Wildman–Crippen MR) is 81.4 cm³/mol. The fourth-order valence-corrected chi connectivity index (χ4v) is 2.39. The fourth-order valence-electron chi connectivity index (χ4n) is 2.39. The van der Waals surface area contributed by atoms with Crippen molar-refractivity contribution in [2.24, 2.45) is 11.7 Å². The molecular weight excluding hydrogens is 266 g/mol. The lowest BCUT2D eigenvalue weighted by Crippen LogP contribution is -2.19. The number of imidazole rings is 1. The molecule has 2 atom stereocenters. The van der Waals surface area contributed by atoms with E-state index in [0.29, 0.717) is 19.1 Å². The SMILES string of the molecule is CCC(C)C(N)c1ncc(-c2ccc3c(c2)OCCO3)[nH]1. The van der Waals surface area contributed by atoms with Crippen molar-refractivity contribution in [2.75, 3.05) is 13.2 Å². The minimum absolute atomic E-state index is 0.0686. The summed E-state index contributed by atoms with van der Waals surface area (Å²) in [6.07, 6.45) is 2.85. The standard InChI is InChI=1S/C16H21N3O2/c1-3-10(2)15(17)16-18-9-12(19-16)11-4-5-13-14(8-11)21-7-6-20-13/h4-5,8-10,15H,3,6-7,17H2,1-2H3,(H,18,19). The van der Waals surface area contributed by atoms with Gasteiger partial charge < -0.3 is 20.2 Å². The smallest absolute Gasteiger partial charge is 0.162 e.